The summed E-state index contributed by atoms with van der Waals surface area (Å²) in [6, 6.07) is 8.05. The number of piperidine rings is 1. The van der Waals surface area contributed by atoms with Crippen molar-refractivity contribution in [2.45, 2.75) is 46.1 Å². The van der Waals surface area contributed by atoms with E-state index in [1.165, 1.54) is 6.07 Å². The number of hydrogen-bond acceptors (Lipinski definition) is 6. The molecule has 0 spiro atoms. The number of amides is 1. The summed E-state index contributed by atoms with van der Waals surface area (Å²) in [7, 11) is -3.70. The Morgan fingerprint density at radius 2 is 1.82 bits per heavy atom. The van der Waals surface area contributed by atoms with E-state index in [2.05, 4.69) is 14.9 Å². The van der Waals surface area contributed by atoms with Gasteiger partial charge in [-0.15, -0.1) is 0 Å². The van der Waals surface area contributed by atoms with Crippen LogP contribution in [0.2, 0.25) is 0 Å². The zero-order valence-corrected chi connectivity index (χ0v) is 20.1. The van der Waals surface area contributed by atoms with Crippen molar-refractivity contribution in [3.05, 3.63) is 51.9 Å². The van der Waals surface area contributed by atoms with E-state index >= 15 is 0 Å². The van der Waals surface area contributed by atoms with Crippen LogP contribution in [-0.4, -0.2) is 49.4 Å². The fourth-order valence-corrected chi connectivity index (χ4v) is 4.93. The lowest BCUT2D eigenvalue weighted by atomic mass is 10.1. The molecule has 33 heavy (non-hydrogen) atoms. The molecule has 0 saturated carbocycles. The van der Waals surface area contributed by atoms with Gasteiger partial charge in [0.2, 0.25) is 10.0 Å². The zero-order chi connectivity index (χ0) is 24.2. The van der Waals surface area contributed by atoms with Gasteiger partial charge in [0.25, 0.3) is 11.5 Å². The van der Waals surface area contributed by atoms with Crippen LogP contribution in [0.1, 0.15) is 55.2 Å². The van der Waals surface area contributed by atoms with E-state index in [1.807, 2.05) is 20.8 Å². The number of aliphatic hydroxyl groups excluding tert-OH is 1. The maximum absolute atomic E-state index is 13.2. The molecule has 2 heterocycles. The lowest BCUT2D eigenvalue weighted by molar-refractivity contribution is 0.102. The summed E-state index contributed by atoms with van der Waals surface area (Å²) in [5.74, 6) is -0.847. The summed E-state index contributed by atoms with van der Waals surface area (Å²) in [6.45, 7) is 6.67. The number of rotatable bonds is 8. The standard InChI is InChI=1S/C23H32N4O5S/c1-16(2)27-17(3)7-10-20(23(27)30)24-22(29)19-9-8-18(25-33(31,32)14-13-28)15-21(19)26-11-5-4-6-12-26/h7-10,15-16,25,28H,4-6,11-14H2,1-3H3,(H,24,29). The molecule has 0 unspecified atom stereocenters. The monoisotopic (exact) mass is 476 g/mol. The fraction of sp³-hybridized carbons (Fsp3) is 0.478. The Morgan fingerprint density at radius 1 is 1.12 bits per heavy atom. The third-order valence-electron chi connectivity index (χ3n) is 5.66. The average Bonchev–Trinajstić information content (AvgIpc) is 2.75. The Kier molecular flexibility index (Phi) is 7.80. The lowest BCUT2D eigenvalue weighted by Gasteiger charge is -2.30. The van der Waals surface area contributed by atoms with Gasteiger partial charge in [0.1, 0.15) is 5.69 Å². The Labute approximate surface area is 194 Å². The van der Waals surface area contributed by atoms with Gasteiger partial charge in [-0.2, -0.15) is 0 Å². The molecule has 1 fully saturated rings. The number of hydrogen-bond donors (Lipinski definition) is 3. The molecule has 1 aromatic carbocycles. The van der Waals surface area contributed by atoms with Gasteiger partial charge in [0.15, 0.2) is 0 Å². The second kappa shape index (κ2) is 10.4. The molecule has 1 aliphatic rings. The molecule has 0 aliphatic carbocycles. The minimum absolute atomic E-state index is 0.0514. The quantitative estimate of drug-likeness (QED) is 0.539. The number of nitrogens with one attached hydrogen (secondary N) is 2. The Morgan fingerprint density at radius 3 is 2.45 bits per heavy atom. The number of anilines is 3. The Balaban J connectivity index is 1.97. The fourth-order valence-electron chi connectivity index (χ4n) is 4.11. The first-order valence-corrected chi connectivity index (χ1v) is 12.8. The smallest absolute Gasteiger partial charge is 0.274 e. The summed E-state index contributed by atoms with van der Waals surface area (Å²) in [5.41, 5.74) is 2.01. The van der Waals surface area contributed by atoms with Crippen LogP contribution in [0.4, 0.5) is 17.1 Å². The van der Waals surface area contributed by atoms with Gasteiger partial charge in [-0.25, -0.2) is 8.42 Å². The number of aryl methyl sites for hydroxylation is 1. The van der Waals surface area contributed by atoms with Crippen LogP contribution >= 0.6 is 0 Å². The van der Waals surface area contributed by atoms with Crippen molar-refractivity contribution in [3.63, 3.8) is 0 Å². The van der Waals surface area contributed by atoms with E-state index in [9.17, 15) is 18.0 Å². The molecular weight excluding hydrogens is 444 g/mol. The second-order valence-electron chi connectivity index (χ2n) is 8.54. The van der Waals surface area contributed by atoms with E-state index in [0.717, 1.165) is 38.0 Å². The van der Waals surface area contributed by atoms with Crippen LogP contribution in [0.5, 0.6) is 0 Å². The Bertz CT molecular complexity index is 1170. The first-order valence-electron chi connectivity index (χ1n) is 11.2. The van der Waals surface area contributed by atoms with Crippen LogP contribution in [0, 0.1) is 6.92 Å². The maximum Gasteiger partial charge on any atom is 0.274 e. The van der Waals surface area contributed by atoms with Gasteiger partial charge in [-0.1, -0.05) is 0 Å². The summed E-state index contributed by atoms with van der Waals surface area (Å²) in [4.78, 5) is 28.2. The van der Waals surface area contributed by atoms with Crippen LogP contribution in [-0.2, 0) is 10.0 Å². The molecule has 3 N–H and O–H groups in total. The Hall–Kier alpha value is -2.85. The van der Waals surface area contributed by atoms with Gasteiger partial charge in [-0.05, 0) is 70.4 Å². The topological polar surface area (TPSA) is 121 Å². The predicted octanol–water partition coefficient (Wildman–Crippen LogP) is 2.71. The van der Waals surface area contributed by atoms with Crippen LogP contribution in [0.3, 0.4) is 0 Å². The van der Waals surface area contributed by atoms with Crippen molar-refractivity contribution in [2.75, 3.05) is 40.4 Å². The maximum atomic E-state index is 13.2. The molecule has 10 heteroatoms. The molecule has 1 amide bonds. The van der Waals surface area contributed by atoms with E-state index < -0.39 is 28.3 Å². The zero-order valence-electron chi connectivity index (χ0n) is 19.3. The summed E-state index contributed by atoms with van der Waals surface area (Å²) >= 11 is 0. The lowest BCUT2D eigenvalue weighted by Crippen LogP contribution is -2.32. The molecule has 0 bridgehead atoms. The largest absolute Gasteiger partial charge is 0.395 e. The molecule has 9 nitrogen and oxygen atoms in total. The number of pyridine rings is 1. The number of aliphatic hydroxyl groups is 1. The van der Waals surface area contributed by atoms with Crippen molar-refractivity contribution in [1.82, 2.24) is 4.57 Å². The van der Waals surface area contributed by atoms with Crippen LogP contribution in [0.25, 0.3) is 0 Å². The third-order valence-corrected chi connectivity index (χ3v) is 6.92. The molecule has 1 aliphatic heterocycles. The van der Waals surface area contributed by atoms with E-state index in [-0.39, 0.29) is 17.3 Å². The molecule has 0 atom stereocenters. The van der Waals surface area contributed by atoms with Gasteiger partial charge in [-0.3, -0.25) is 14.3 Å². The summed E-state index contributed by atoms with van der Waals surface area (Å²) < 4.78 is 28.3. The summed E-state index contributed by atoms with van der Waals surface area (Å²) in [6.07, 6.45) is 3.04. The molecule has 1 saturated heterocycles. The highest BCUT2D eigenvalue weighted by Gasteiger charge is 2.22. The van der Waals surface area contributed by atoms with Gasteiger partial charge in [0, 0.05) is 24.8 Å². The number of sulfonamides is 1. The second-order valence-corrected chi connectivity index (χ2v) is 10.4. The predicted molar refractivity (Wildman–Crippen MR) is 131 cm³/mol. The minimum Gasteiger partial charge on any atom is -0.395 e. The van der Waals surface area contributed by atoms with Crippen molar-refractivity contribution in [3.8, 4) is 0 Å². The van der Waals surface area contributed by atoms with Crippen LogP contribution < -0.4 is 20.5 Å². The molecule has 1 aromatic heterocycles. The normalized spacial score (nSPS) is 14.4. The molecule has 2 aromatic rings. The van der Waals surface area contributed by atoms with Crippen molar-refractivity contribution < 1.29 is 18.3 Å². The van der Waals surface area contributed by atoms with E-state index in [1.54, 1.807) is 28.8 Å². The first kappa shape index (κ1) is 24.8. The molecule has 0 radical (unpaired) electrons. The highest BCUT2D eigenvalue weighted by molar-refractivity contribution is 7.92. The minimum atomic E-state index is -3.70. The van der Waals surface area contributed by atoms with Crippen molar-refractivity contribution in [1.29, 1.82) is 0 Å². The van der Waals surface area contributed by atoms with E-state index in [0.29, 0.717) is 16.9 Å². The number of benzene rings is 1. The van der Waals surface area contributed by atoms with Gasteiger partial charge >= 0.3 is 0 Å². The van der Waals surface area contributed by atoms with Crippen molar-refractivity contribution >= 4 is 33.0 Å². The SMILES string of the molecule is Cc1ccc(NC(=O)c2ccc(NS(=O)(=O)CCO)cc2N2CCCCC2)c(=O)n1C(C)C. The number of carbonyl (C=O) groups excluding carboxylic acids is 1. The van der Waals surface area contributed by atoms with E-state index in [4.69, 9.17) is 5.11 Å². The molecule has 180 valence electrons. The third kappa shape index (κ3) is 5.94. The number of aromatic nitrogens is 1. The molecular formula is C23H32N4O5S. The average molecular weight is 477 g/mol. The van der Waals surface area contributed by atoms with Gasteiger partial charge in [0.05, 0.1) is 29.3 Å². The van der Waals surface area contributed by atoms with Gasteiger partial charge < -0.3 is 19.9 Å². The highest BCUT2D eigenvalue weighted by atomic mass is 32.2. The van der Waals surface area contributed by atoms with Crippen LogP contribution in [0.15, 0.2) is 35.1 Å². The number of carbonyl (C=O) groups is 1. The first-order chi connectivity index (χ1) is 15.6. The number of nitrogens with zero attached hydrogens (tertiary/aromatic N) is 2. The van der Waals surface area contributed by atoms with Crippen molar-refractivity contribution in [2.24, 2.45) is 0 Å². The summed E-state index contributed by atoms with van der Waals surface area (Å²) in [5, 5.41) is 11.7. The molecule has 3 rings (SSSR count). The highest BCUT2D eigenvalue weighted by Crippen LogP contribution is 2.29.